The number of carbonyl (C=O) groups excluding carboxylic acids is 1. The number of carboxylic acids is 1. The Bertz CT molecular complexity index is 892. The Morgan fingerprint density at radius 3 is 2.76 bits per heavy atom. The molecule has 8 heteroatoms. The van der Waals surface area contributed by atoms with Crippen molar-refractivity contribution in [3.63, 3.8) is 0 Å². The molecule has 1 aromatic carbocycles. The van der Waals surface area contributed by atoms with Crippen LogP contribution >= 0.6 is 11.3 Å². The van der Waals surface area contributed by atoms with Crippen molar-refractivity contribution < 1.29 is 23.5 Å². The van der Waals surface area contributed by atoms with Gasteiger partial charge in [0.05, 0.1) is 18.4 Å². The van der Waals surface area contributed by atoms with E-state index in [2.05, 4.69) is 10.3 Å². The van der Waals surface area contributed by atoms with Crippen LogP contribution in [0.4, 0.5) is 4.39 Å². The first-order chi connectivity index (χ1) is 12.0. The zero-order valence-corrected chi connectivity index (χ0v) is 13.6. The number of furan rings is 1. The first kappa shape index (κ1) is 16.8. The van der Waals surface area contributed by atoms with Crippen LogP contribution in [0.3, 0.4) is 0 Å². The summed E-state index contributed by atoms with van der Waals surface area (Å²) >= 11 is 1.31. The third-order valence-corrected chi connectivity index (χ3v) is 4.30. The summed E-state index contributed by atoms with van der Waals surface area (Å²) in [6.07, 6.45) is 1.41. The molecule has 1 amide bonds. The first-order valence-corrected chi connectivity index (χ1v) is 8.17. The van der Waals surface area contributed by atoms with Gasteiger partial charge in [-0.2, -0.15) is 0 Å². The monoisotopic (exact) mass is 360 g/mol. The molecule has 3 rings (SSSR count). The minimum atomic E-state index is -1.46. The average Bonchev–Trinajstić information content (AvgIpc) is 3.24. The van der Waals surface area contributed by atoms with Gasteiger partial charge in [0.15, 0.2) is 16.8 Å². The maximum Gasteiger partial charge on any atom is 0.331 e. The van der Waals surface area contributed by atoms with Crippen molar-refractivity contribution in [2.24, 2.45) is 0 Å². The van der Waals surface area contributed by atoms with Gasteiger partial charge in [0.2, 0.25) is 5.91 Å². The molecule has 0 bridgehead atoms. The molecule has 3 aromatic rings. The number of nitrogens with zero attached hydrogens (tertiary/aromatic N) is 1. The average molecular weight is 360 g/mol. The highest BCUT2D eigenvalue weighted by Gasteiger charge is 2.25. The van der Waals surface area contributed by atoms with E-state index in [1.54, 1.807) is 17.5 Å². The Morgan fingerprint density at radius 2 is 2.08 bits per heavy atom. The van der Waals surface area contributed by atoms with Crippen LogP contribution in [-0.4, -0.2) is 22.0 Å². The van der Waals surface area contributed by atoms with E-state index in [9.17, 15) is 19.1 Å². The summed E-state index contributed by atoms with van der Waals surface area (Å²) in [4.78, 5) is 27.8. The molecule has 0 fully saturated rings. The number of hydrogen-bond acceptors (Lipinski definition) is 5. The summed E-state index contributed by atoms with van der Waals surface area (Å²) in [5, 5.41) is 13.9. The predicted molar refractivity (Wildman–Crippen MR) is 88.4 cm³/mol. The third kappa shape index (κ3) is 3.92. The lowest BCUT2D eigenvalue weighted by atomic mass is 10.1. The van der Waals surface area contributed by atoms with Gasteiger partial charge in [-0.15, -0.1) is 11.3 Å². The maximum atomic E-state index is 13.8. The van der Waals surface area contributed by atoms with E-state index < -0.39 is 23.7 Å². The summed E-state index contributed by atoms with van der Waals surface area (Å²) in [5.41, 5.74) is 0.379. The van der Waals surface area contributed by atoms with E-state index in [0.717, 1.165) is 6.07 Å². The van der Waals surface area contributed by atoms with Crippen LogP contribution in [0.15, 0.2) is 52.5 Å². The first-order valence-electron chi connectivity index (χ1n) is 7.29. The van der Waals surface area contributed by atoms with Gasteiger partial charge in [-0.1, -0.05) is 18.2 Å². The lowest BCUT2D eigenvalue weighted by molar-refractivity contribution is -0.142. The molecule has 1 unspecified atom stereocenters. The van der Waals surface area contributed by atoms with Gasteiger partial charge >= 0.3 is 5.97 Å². The van der Waals surface area contributed by atoms with Crippen molar-refractivity contribution >= 4 is 23.2 Å². The molecular formula is C17H13FN2O4S. The van der Waals surface area contributed by atoms with Crippen molar-refractivity contribution in [3.8, 4) is 10.8 Å². The highest BCUT2D eigenvalue weighted by atomic mass is 32.1. The molecule has 2 N–H and O–H groups in total. The number of nitrogens with one attached hydrogen (secondary N) is 1. The second kappa shape index (κ2) is 7.27. The van der Waals surface area contributed by atoms with Gasteiger partial charge in [0, 0.05) is 10.9 Å². The largest absolute Gasteiger partial charge is 0.479 e. The number of hydrogen-bond donors (Lipinski definition) is 2. The quantitative estimate of drug-likeness (QED) is 0.705. The van der Waals surface area contributed by atoms with Crippen LogP contribution in [0.1, 0.15) is 17.3 Å². The molecule has 0 aliphatic heterocycles. The molecule has 0 aliphatic carbocycles. The molecule has 0 radical (unpaired) electrons. The number of carbonyl (C=O) groups is 2. The van der Waals surface area contributed by atoms with E-state index in [4.69, 9.17) is 4.42 Å². The lowest BCUT2D eigenvalue weighted by Gasteiger charge is -2.15. The highest BCUT2D eigenvalue weighted by molar-refractivity contribution is 7.13. The fourth-order valence-corrected chi connectivity index (χ4v) is 3.05. The molecular weight excluding hydrogens is 347 g/mol. The Hall–Kier alpha value is -3.00. The standard InChI is InChI=1S/C17H13FN2O4S/c18-12-5-2-1-4-11(12)15(17(22)23)20-14(21)8-10-9-25-16(19-10)13-6-3-7-24-13/h1-7,9,15H,8H2,(H,20,21)(H,22,23). The number of halogens is 1. The van der Waals surface area contributed by atoms with Crippen molar-refractivity contribution in [2.45, 2.75) is 12.5 Å². The Labute approximate surface area is 145 Å². The lowest BCUT2D eigenvalue weighted by Crippen LogP contribution is -2.35. The molecule has 0 aliphatic rings. The maximum absolute atomic E-state index is 13.8. The molecule has 2 heterocycles. The molecule has 0 spiro atoms. The summed E-state index contributed by atoms with van der Waals surface area (Å²) in [5.74, 6) is -2.00. The third-order valence-electron chi connectivity index (χ3n) is 3.39. The van der Waals surface area contributed by atoms with Crippen LogP contribution < -0.4 is 5.32 Å². The van der Waals surface area contributed by atoms with Crippen LogP contribution in [0.5, 0.6) is 0 Å². The van der Waals surface area contributed by atoms with Gasteiger partial charge in [0.25, 0.3) is 0 Å². The number of amides is 1. The summed E-state index contributed by atoms with van der Waals surface area (Å²) in [6.45, 7) is 0. The van der Waals surface area contributed by atoms with Crippen LogP contribution in [-0.2, 0) is 16.0 Å². The topological polar surface area (TPSA) is 92.4 Å². The van der Waals surface area contributed by atoms with Crippen molar-refractivity contribution in [1.82, 2.24) is 10.3 Å². The number of aromatic nitrogens is 1. The Balaban J connectivity index is 1.70. The summed E-state index contributed by atoms with van der Waals surface area (Å²) in [7, 11) is 0. The van der Waals surface area contributed by atoms with Crippen LogP contribution in [0, 0.1) is 5.82 Å². The molecule has 1 atom stereocenters. The van der Waals surface area contributed by atoms with Crippen LogP contribution in [0.2, 0.25) is 0 Å². The fourth-order valence-electron chi connectivity index (χ4n) is 2.26. The van der Waals surface area contributed by atoms with Gasteiger partial charge in [-0.05, 0) is 18.2 Å². The highest BCUT2D eigenvalue weighted by Crippen LogP contribution is 2.24. The van der Waals surface area contributed by atoms with Gasteiger partial charge in [-0.3, -0.25) is 4.79 Å². The second-order valence-electron chi connectivity index (χ2n) is 5.16. The fraction of sp³-hybridized carbons (Fsp3) is 0.118. The summed E-state index contributed by atoms with van der Waals surface area (Å²) < 4.78 is 19.0. The van der Waals surface area contributed by atoms with E-state index >= 15 is 0 Å². The minimum absolute atomic E-state index is 0.0992. The molecule has 0 saturated heterocycles. The van der Waals surface area contributed by atoms with Gasteiger partial charge in [0.1, 0.15) is 5.82 Å². The van der Waals surface area contributed by atoms with E-state index in [1.807, 2.05) is 0 Å². The number of aliphatic carboxylic acids is 1. The Morgan fingerprint density at radius 1 is 1.28 bits per heavy atom. The van der Waals surface area contributed by atoms with Gasteiger partial charge in [-0.25, -0.2) is 14.2 Å². The number of benzene rings is 1. The van der Waals surface area contributed by atoms with Crippen molar-refractivity contribution in [2.75, 3.05) is 0 Å². The zero-order chi connectivity index (χ0) is 17.8. The summed E-state index contributed by atoms with van der Waals surface area (Å²) in [6, 6.07) is 7.45. The molecule has 2 aromatic heterocycles. The van der Waals surface area contributed by atoms with E-state index in [0.29, 0.717) is 16.5 Å². The van der Waals surface area contributed by atoms with Crippen molar-refractivity contribution in [1.29, 1.82) is 0 Å². The molecule has 6 nitrogen and oxygen atoms in total. The normalized spacial score (nSPS) is 11.9. The predicted octanol–water partition coefficient (Wildman–Crippen LogP) is 3.03. The van der Waals surface area contributed by atoms with E-state index in [-0.39, 0.29) is 12.0 Å². The SMILES string of the molecule is O=C(Cc1csc(-c2ccco2)n1)NC(C(=O)O)c1ccccc1F. The Kier molecular flexibility index (Phi) is 4.90. The molecule has 25 heavy (non-hydrogen) atoms. The van der Waals surface area contributed by atoms with Crippen LogP contribution in [0.25, 0.3) is 10.8 Å². The van der Waals surface area contributed by atoms with Gasteiger partial charge < -0.3 is 14.8 Å². The number of thiazole rings is 1. The smallest absolute Gasteiger partial charge is 0.331 e. The number of rotatable bonds is 6. The minimum Gasteiger partial charge on any atom is -0.479 e. The number of carboxylic acid groups (broad SMARTS) is 1. The van der Waals surface area contributed by atoms with E-state index in [1.165, 1.54) is 35.8 Å². The zero-order valence-electron chi connectivity index (χ0n) is 12.8. The van der Waals surface area contributed by atoms with Crippen molar-refractivity contribution in [3.05, 3.63) is 65.1 Å². The molecule has 128 valence electrons. The second-order valence-corrected chi connectivity index (χ2v) is 6.02. The molecule has 0 saturated carbocycles.